The van der Waals surface area contributed by atoms with E-state index in [1.807, 2.05) is 19.1 Å². The zero-order valence-corrected chi connectivity index (χ0v) is 15.2. The van der Waals surface area contributed by atoms with Gasteiger partial charge in [-0.1, -0.05) is 23.7 Å². The summed E-state index contributed by atoms with van der Waals surface area (Å²) in [6, 6.07) is 7.95. The summed E-state index contributed by atoms with van der Waals surface area (Å²) in [5.74, 6) is 2.38. The molecule has 2 heterocycles. The number of hydrogen-bond donors (Lipinski definition) is 0. The first-order valence-electron chi connectivity index (χ1n) is 8.53. The number of benzene rings is 1. The van der Waals surface area contributed by atoms with E-state index in [0.717, 1.165) is 49.5 Å². The maximum absolute atomic E-state index is 5.98. The molecule has 0 saturated carbocycles. The van der Waals surface area contributed by atoms with E-state index in [1.54, 1.807) is 7.11 Å². The Labute approximate surface area is 148 Å². The second kappa shape index (κ2) is 8.10. The molecule has 1 aromatic heterocycles. The van der Waals surface area contributed by atoms with Crippen LogP contribution in [0.2, 0.25) is 5.02 Å². The van der Waals surface area contributed by atoms with Gasteiger partial charge in [0.05, 0.1) is 13.2 Å². The molecule has 1 fully saturated rings. The Morgan fingerprint density at radius 1 is 1.29 bits per heavy atom. The number of likely N-dealkylation sites (tertiary alicyclic amines) is 1. The number of methoxy groups -OCH3 is 1. The highest BCUT2D eigenvalue weighted by Crippen LogP contribution is 2.26. The van der Waals surface area contributed by atoms with Gasteiger partial charge in [0.15, 0.2) is 0 Å². The van der Waals surface area contributed by atoms with Gasteiger partial charge in [-0.05, 0) is 44.0 Å². The lowest BCUT2D eigenvalue weighted by atomic mass is 9.97. The Bertz CT molecular complexity index is 656. The Balaban J connectivity index is 1.74. The van der Waals surface area contributed by atoms with Crippen LogP contribution in [0.15, 0.2) is 24.3 Å². The monoisotopic (exact) mass is 348 g/mol. The fourth-order valence-electron chi connectivity index (χ4n) is 3.34. The summed E-state index contributed by atoms with van der Waals surface area (Å²) in [5, 5.41) is 5.38. The third-order valence-electron chi connectivity index (χ3n) is 4.53. The molecule has 0 radical (unpaired) electrons. The SMILES string of the molecule is COCCN1CCCC(c2nc(C)nn2Cc2ccc(Cl)cc2)C1. The number of nitrogens with zero attached hydrogens (tertiary/aromatic N) is 4. The lowest BCUT2D eigenvalue weighted by Crippen LogP contribution is -2.37. The predicted octanol–water partition coefficient (Wildman–Crippen LogP) is 3.11. The van der Waals surface area contributed by atoms with Crippen LogP contribution >= 0.6 is 11.6 Å². The molecule has 3 rings (SSSR count). The Hall–Kier alpha value is -1.43. The van der Waals surface area contributed by atoms with Crippen molar-refractivity contribution in [2.75, 3.05) is 33.4 Å². The molecule has 1 atom stereocenters. The van der Waals surface area contributed by atoms with Crippen molar-refractivity contribution >= 4 is 11.6 Å². The van der Waals surface area contributed by atoms with Crippen LogP contribution in [0.4, 0.5) is 0 Å². The highest BCUT2D eigenvalue weighted by Gasteiger charge is 2.25. The quantitative estimate of drug-likeness (QED) is 0.804. The van der Waals surface area contributed by atoms with Crippen molar-refractivity contribution in [1.29, 1.82) is 0 Å². The van der Waals surface area contributed by atoms with Gasteiger partial charge in [0.1, 0.15) is 11.6 Å². The number of aryl methyl sites for hydroxylation is 1. The van der Waals surface area contributed by atoms with Crippen molar-refractivity contribution < 1.29 is 4.74 Å². The van der Waals surface area contributed by atoms with Crippen molar-refractivity contribution in [2.24, 2.45) is 0 Å². The largest absolute Gasteiger partial charge is 0.383 e. The molecule has 1 aliphatic rings. The highest BCUT2D eigenvalue weighted by molar-refractivity contribution is 6.30. The average molecular weight is 349 g/mol. The van der Waals surface area contributed by atoms with E-state index in [1.165, 1.54) is 18.4 Å². The number of aromatic nitrogens is 3. The molecule has 2 aromatic rings. The second-order valence-electron chi connectivity index (χ2n) is 6.43. The fourth-order valence-corrected chi connectivity index (χ4v) is 3.47. The fraction of sp³-hybridized carbons (Fsp3) is 0.556. The van der Waals surface area contributed by atoms with Crippen molar-refractivity contribution in [3.8, 4) is 0 Å². The van der Waals surface area contributed by atoms with Crippen LogP contribution in [0, 0.1) is 6.92 Å². The lowest BCUT2D eigenvalue weighted by molar-refractivity contribution is 0.126. The van der Waals surface area contributed by atoms with Gasteiger partial charge in [0.2, 0.25) is 0 Å². The van der Waals surface area contributed by atoms with E-state index in [2.05, 4.69) is 26.8 Å². The third-order valence-corrected chi connectivity index (χ3v) is 4.79. The van der Waals surface area contributed by atoms with Crippen LogP contribution in [0.5, 0.6) is 0 Å². The standard InChI is InChI=1S/C18H25ClN4O/c1-14-20-18(16-4-3-9-22(13-16)10-11-24-2)23(21-14)12-15-5-7-17(19)8-6-15/h5-8,16H,3-4,9-13H2,1-2H3. The summed E-state index contributed by atoms with van der Waals surface area (Å²) in [4.78, 5) is 7.20. The molecule has 130 valence electrons. The topological polar surface area (TPSA) is 43.2 Å². The van der Waals surface area contributed by atoms with E-state index in [4.69, 9.17) is 21.3 Å². The molecule has 24 heavy (non-hydrogen) atoms. The molecule has 6 heteroatoms. The average Bonchev–Trinajstić information content (AvgIpc) is 2.96. The minimum absolute atomic E-state index is 0.434. The summed E-state index contributed by atoms with van der Waals surface area (Å²) in [6.45, 7) is 6.64. The summed E-state index contributed by atoms with van der Waals surface area (Å²) >= 11 is 5.98. The predicted molar refractivity (Wildman–Crippen MR) is 95.6 cm³/mol. The van der Waals surface area contributed by atoms with Crippen LogP contribution in [0.3, 0.4) is 0 Å². The number of hydrogen-bond acceptors (Lipinski definition) is 4. The van der Waals surface area contributed by atoms with Crippen LogP contribution in [0.1, 0.15) is 36.0 Å². The molecule has 5 nitrogen and oxygen atoms in total. The molecule has 0 spiro atoms. The molecule has 1 aromatic carbocycles. The van der Waals surface area contributed by atoms with Crippen LogP contribution in [-0.2, 0) is 11.3 Å². The van der Waals surface area contributed by atoms with Gasteiger partial charge in [-0.3, -0.25) is 0 Å². The maximum atomic E-state index is 5.98. The minimum atomic E-state index is 0.434. The van der Waals surface area contributed by atoms with E-state index in [-0.39, 0.29) is 0 Å². The molecular formula is C18H25ClN4O. The van der Waals surface area contributed by atoms with E-state index in [0.29, 0.717) is 5.92 Å². The van der Waals surface area contributed by atoms with Crippen LogP contribution < -0.4 is 0 Å². The van der Waals surface area contributed by atoms with E-state index in [9.17, 15) is 0 Å². The first kappa shape index (κ1) is 17.4. The molecule has 0 N–H and O–H groups in total. The summed E-state index contributed by atoms with van der Waals surface area (Å²) < 4.78 is 7.27. The lowest BCUT2D eigenvalue weighted by Gasteiger charge is -2.32. The van der Waals surface area contributed by atoms with Crippen LogP contribution in [-0.4, -0.2) is 53.0 Å². The Kier molecular flexibility index (Phi) is 5.87. The third kappa shape index (κ3) is 4.35. The molecule has 1 saturated heterocycles. The molecule has 0 bridgehead atoms. The molecule has 1 unspecified atom stereocenters. The van der Waals surface area contributed by atoms with Gasteiger partial charge in [-0.25, -0.2) is 9.67 Å². The van der Waals surface area contributed by atoms with Gasteiger partial charge >= 0.3 is 0 Å². The number of halogens is 1. The first-order chi connectivity index (χ1) is 11.7. The van der Waals surface area contributed by atoms with E-state index < -0.39 is 0 Å². The summed E-state index contributed by atoms with van der Waals surface area (Å²) in [5.41, 5.74) is 1.19. The molecular weight excluding hydrogens is 324 g/mol. The Morgan fingerprint density at radius 3 is 2.83 bits per heavy atom. The first-order valence-corrected chi connectivity index (χ1v) is 8.90. The van der Waals surface area contributed by atoms with Crippen molar-refractivity contribution in [3.63, 3.8) is 0 Å². The second-order valence-corrected chi connectivity index (χ2v) is 6.87. The molecule has 1 aliphatic heterocycles. The molecule has 0 amide bonds. The van der Waals surface area contributed by atoms with Gasteiger partial charge in [-0.15, -0.1) is 0 Å². The van der Waals surface area contributed by atoms with E-state index >= 15 is 0 Å². The molecule has 0 aliphatic carbocycles. The normalized spacial score (nSPS) is 18.9. The van der Waals surface area contributed by atoms with Gasteiger partial charge in [0, 0.05) is 31.1 Å². The van der Waals surface area contributed by atoms with Crippen molar-refractivity contribution in [3.05, 3.63) is 46.5 Å². The zero-order chi connectivity index (χ0) is 16.9. The summed E-state index contributed by atoms with van der Waals surface area (Å²) in [6.07, 6.45) is 2.36. The van der Waals surface area contributed by atoms with Crippen molar-refractivity contribution in [2.45, 2.75) is 32.2 Å². The van der Waals surface area contributed by atoms with Crippen LogP contribution in [0.25, 0.3) is 0 Å². The number of ether oxygens (including phenoxy) is 1. The van der Waals surface area contributed by atoms with Crippen molar-refractivity contribution in [1.82, 2.24) is 19.7 Å². The highest BCUT2D eigenvalue weighted by atomic mass is 35.5. The number of rotatable bonds is 6. The maximum Gasteiger partial charge on any atom is 0.147 e. The minimum Gasteiger partial charge on any atom is -0.383 e. The Morgan fingerprint density at radius 2 is 2.08 bits per heavy atom. The van der Waals surface area contributed by atoms with Gasteiger partial charge < -0.3 is 9.64 Å². The van der Waals surface area contributed by atoms with Gasteiger partial charge in [-0.2, -0.15) is 5.10 Å². The zero-order valence-electron chi connectivity index (χ0n) is 14.4. The number of piperidine rings is 1. The smallest absolute Gasteiger partial charge is 0.147 e. The summed E-state index contributed by atoms with van der Waals surface area (Å²) in [7, 11) is 1.76. The van der Waals surface area contributed by atoms with Gasteiger partial charge in [0.25, 0.3) is 0 Å².